The third-order valence-corrected chi connectivity index (χ3v) is 1.69. The molecule has 1 N–H and O–H groups in total. The summed E-state index contributed by atoms with van der Waals surface area (Å²) in [6.07, 6.45) is 3.34. The predicted molar refractivity (Wildman–Crippen MR) is 47.7 cm³/mol. The van der Waals surface area contributed by atoms with Crippen molar-refractivity contribution in [2.75, 3.05) is 0 Å². The minimum absolute atomic E-state index is 0.150. The third-order valence-electron chi connectivity index (χ3n) is 1.69. The highest BCUT2D eigenvalue weighted by Crippen LogP contribution is 2.23. The minimum atomic E-state index is -0.150. The Labute approximate surface area is 68.8 Å². The lowest BCUT2D eigenvalue weighted by Crippen LogP contribution is -2.24. The average Bonchev–Trinajstić information content (AvgIpc) is 1.88. The summed E-state index contributed by atoms with van der Waals surface area (Å²) in [7, 11) is 0. The summed E-state index contributed by atoms with van der Waals surface area (Å²) in [5.41, 5.74) is -0.150. The van der Waals surface area contributed by atoms with Gasteiger partial charge in [-0.1, -0.05) is 33.8 Å². The molecule has 0 rings (SSSR count). The molecule has 0 aliphatic carbocycles. The van der Waals surface area contributed by atoms with Crippen molar-refractivity contribution in [3.63, 3.8) is 0 Å². The quantitative estimate of drug-likeness (QED) is 0.378. The molecule has 0 aromatic rings. The summed E-state index contributed by atoms with van der Waals surface area (Å²) in [5.74, 6) is 0.300. The van der Waals surface area contributed by atoms with Crippen LogP contribution in [0.1, 0.15) is 33.6 Å². The second kappa shape index (κ2) is 4.16. The van der Waals surface area contributed by atoms with Crippen LogP contribution in [-0.4, -0.2) is 5.90 Å². The van der Waals surface area contributed by atoms with Crippen LogP contribution in [0.15, 0.2) is 12.8 Å². The molecule has 2 nitrogen and oxygen atoms in total. The molecular weight excluding hydrogens is 138 g/mol. The summed E-state index contributed by atoms with van der Waals surface area (Å²) < 4.78 is 4.91. The van der Waals surface area contributed by atoms with Gasteiger partial charge in [-0.2, -0.15) is 0 Å². The van der Waals surface area contributed by atoms with Crippen LogP contribution >= 0.6 is 0 Å². The van der Waals surface area contributed by atoms with E-state index >= 15 is 0 Å². The van der Waals surface area contributed by atoms with Crippen LogP contribution in [0, 0.1) is 10.8 Å². The molecule has 0 fully saturated rings. The smallest absolute Gasteiger partial charge is 0.192 e. The second-order valence-corrected chi connectivity index (χ2v) is 3.25. The van der Waals surface area contributed by atoms with E-state index in [1.807, 2.05) is 13.8 Å². The van der Waals surface area contributed by atoms with Gasteiger partial charge < -0.3 is 4.74 Å². The Morgan fingerprint density at radius 3 is 2.55 bits per heavy atom. The molecule has 2 heteroatoms. The molecule has 0 aromatic heterocycles. The molecule has 0 saturated carbocycles. The van der Waals surface area contributed by atoms with Crippen molar-refractivity contribution in [3.8, 4) is 0 Å². The molecule has 0 aliphatic rings. The normalized spacial score (nSPS) is 10.8. The molecule has 0 amide bonds. The highest BCUT2D eigenvalue weighted by atomic mass is 16.5. The van der Waals surface area contributed by atoms with Crippen LogP contribution in [0.2, 0.25) is 0 Å². The van der Waals surface area contributed by atoms with Gasteiger partial charge in [0.05, 0.1) is 6.26 Å². The first-order valence-corrected chi connectivity index (χ1v) is 3.91. The fourth-order valence-electron chi connectivity index (χ4n) is 0.981. The van der Waals surface area contributed by atoms with Gasteiger partial charge in [0, 0.05) is 5.41 Å². The number of rotatable bonds is 4. The molecule has 0 heterocycles. The van der Waals surface area contributed by atoms with Crippen LogP contribution in [0.5, 0.6) is 0 Å². The summed E-state index contributed by atoms with van der Waals surface area (Å²) in [5, 5.41) is 7.50. The zero-order valence-electron chi connectivity index (χ0n) is 7.61. The first-order chi connectivity index (χ1) is 5.04. The highest BCUT2D eigenvalue weighted by molar-refractivity contribution is 5.79. The van der Waals surface area contributed by atoms with Gasteiger partial charge in [-0.15, -0.1) is 0 Å². The Bertz CT molecular complexity index is 150. The number of ether oxygens (including phenoxy) is 1. The van der Waals surface area contributed by atoms with Gasteiger partial charge in [-0.05, 0) is 6.42 Å². The summed E-state index contributed by atoms with van der Waals surface area (Å²) in [6.45, 7) is 9.52. The standard InChI is InChI=1S/C9H17NO/c1-5-7-9(3,4)8(10)11-6-2/h6,10H,2,5,7H2,1,3-4H3. The Balaban J connectivity index is 4.04. The van der Waals surface area contributed by atoms with E-state index in [1.54, 1.807) is 0 Å². The Kier molecular flexibility index (Phi) is 3.86. The van der Waals surface area contributed by atoms with Gasteiger partial charge in [0.25, 0.3) is 0 Å². The lowest BCUT2D eigenvalue weighted by Gasteiger charge is -2.22. The minimum Gasteiger partial charge on any atom is -0.451 e. The Hall–Kier alpha value is -0.790. The van der Waals surface area contributed by atoms with E-state index in [0.29, 0.717) is 5.90 Å². The zero-order valence-corrected chi connectivity index (χ0v) is 7.61. The van der Waals surface area contributed by atoms with Gasteiger partial charge in [-0.25, -0.2) is 0 Å². The van der Waals surface area contributed by atoms with E-state index in [0.717, 1.165) is 12.8 Å². The van der Waals surface area contributed by atoms with E-state index in [1.165, 1.54) is 6.26 Å². The summed E-state index contributed by atoms with van der Waals surface area (Å²) in [6, 6.07) is 0. The van der Waals surface area contributed by atoms with E-state index in [9.17, 15) is 0 Å². The zero-order chi connectivity index (χ0) is 8.91. The average molecular weight is 155 g/mol. The van der Waals surface area contributed by atoms with Crippen molar-refractivity contribution >= 4 is 5.90 Å². The first kappa shape index (κ1) is 10.2. The second-order valence-electron chi connectivity index (χ2n) is 3.25. The lowest BCUT2D eigenvalue weighted by molar-refractivity contribution is 0.342. The van der Waals surface area contributed by atoms with Gasteiger partial charge in [0.15, 0.2) is 5.90 Å². The molecule has 0 saturated heterocycles. The molecule has 11 heavy (non-hydrogen) atoms. The maximum absolute atomic E-state index is 7.50. The summed E-state index contributed by atoms with van der Waals surface area (Å²) in [4.78, 5) is 0. The number of hydrogen-bond acceptors (Lipinski definition) is 2. The fourth-order valence-corrected chi connectivity index (χ4v) is 0.981. The van der Waals surface area contributed by atoms with E-state index < -0.39 is 0 Å². The van der Waals surface area contributed by atoms with Crippen molar-refractivity contribution in [3.05, 3.63) is 12.8 Å². The van der Waals surface area contributed by atoms with Crippen molar-refractivity contribution in [1.29, 1.82) is 5.41 Å². The molecule has 64 valence electrons. The maximum Gasteiger partial charge on any atom is 0.192 e. The topological polar surface area (TPSA) is 33.1 Å². The van der Waals surface area contributed by atoms with Crippen molar-refractivity contribution in [2.45, 2.75) is 33.6 Å². The van der Waals surface area contributed by atoms with Gasteiger partial charge in [0.2, 0.25) is 0 Å². The van der Waals surface area contributed by atoms with Crippen LogP contribution in [0.3, 0.4) is 0 Å². The van der Waals surface area contributed by atoms with Crippen LogP contribution in [-0.2, 0) is 4.74 Å². The van der Waals surface area contributed by atoms with Gasteiger partial charge in [-0.3, -0.25) is 5.41 Å². The molecule has 0 atom stereocenters. The van der Waals surface area contributed by atoms with E-state index in [2.05, 4.69) is 13.5 Å². The molecule has 0 aliphatic heterocycles. The van der Waals surface area contributed by atoms with Crippen molar-refractivity contribution < 1.29 is 4.74 Å². The van der Waals surface area contributed by atoms with Gasteiger partial charge >= 0.3 is 0 Å². The van der Waals surface area contributed by atoms with Crippen LogP contribution in [0.25, 0.3) is 0 Å². The molecule has 0 radical (unpaired) electrons. The van der Waals surface area contributed by atoms with Crippen LogP contribution < -0.4 is 0 Å². The van der Waals surface area contributed by atoms with E-state index in [-0.39, 0.29) is 5.41 Å². The monoisotopic (exact) mass is 155 g/mol. The molecule has 0 aromatic carbocycles. The van der Waals surface area contributed by atoms with Crippen molar-refractivity contribution in [2.24, 2.45) is 5.41 Å². The van der Waals surface area contributed by atoms with Crippen LogP contribution in [0.4, 0.5) is 0 Å². The highest BCUT2D eigenvalue weighted by Gasteiger charge is 2.23. The first-order valence-electron chi connectivity index (χ1n) is 3.91. The third kappa shape index (κ3) is 3.21. The Morgan fingerprint density at radius 2 is 2.18 bits per heavy atom. The van der Waals surface area contributed by atoms with Crippen molar-refractivity contribution in [1.82, 2.24) is 0 Å². The number of nitrogens with one attached hydrogen (secondary N) is 1. The number of hydrogen-bond donors (Lipinski definition) is 1. The Morgan fingerprint density at radius 1 is 1.64 bits per heavy atom. The predicted octanol–water partition coefficient (Wildman–Crippen LogP) is 2.95. The lowest BCUT2D eigenvalue weighted by atomic mass is 9.88. The molecule has 0 spiro atoms. The molecular formula is C9H17NO. The van der Waals surface area contributed by atoms with Gasteiger partial charge in [0.1, 0.15) is 0 Å². The van der Waals surface area contributed by atoms with E-state index in [4.69, 9.17) is 10.1 Å². The fraction of sp³-hybridized carbons (Fsp3) is 0.667. The largest absolute Gasteiger partial charge is 0.451 e. The SMILES string of the molecule is C=COC(=N)C(C)(C)CCC. The maximum atomic E-state index is 7.50. The molecule has 0 bridgehead atoms. The summed E-state index contributed by atoms with van der Waals surface area (Å²) >= 11 is 0. The molecule has 0 unspecified atom stereocenters.